The molecule has 2 aromatic rings. The van der Waals surface area contributed by atoms with E-state index in [1.54, 1.807) is 11.3 Å². The lowest BCUT2D eigenvalue weighted by Crippen LogP contribution is -2.19. The Labute approximate surface area is 148 Å². The van der Waals surface area contributed by atoms with E-state index in [0.29, 0.717) is 5.56 Å². The third-order valence-corrected chi connectivity index (χ3v) is 6.04. The molecule has 0 aliphatic heterocycles. The van der Waals surface area contributed by atoms with Crippen molar-refractivity contribution >= 4 is 17.2 Å². The highest BCUT2D eigenvalue weighted by Gasteiger charge is 2.27. The van der Waals surface area contributed by atoms with Crippen LogP contribution in [-0.4, -0.2) is 10.5 Å². The number of aromatic nitrogens is 1. The molecule has 0 atom stereocenters. The first-order valence-electron chi connectivity index (χ1n) is 8.62. The predicted molar refractivity (Wildman–Crippen MR) is 99.5 cm³/mol. The molecule has 0 radical (unpaired) electrons. The average Bonchev–Trinajstić information content (AvgIpc) is 3.25. The van der Waals surface area contributed by atoms with E-state index in [4.69, 9.17) is 0 Å². The molecule has 3 nitrogen and oxygen atoms in total. The lowest BCUT2D eigenvalue weighted by atomic mass is 9.93. The van der Waals surface area contributed by atoms with Crippen LogP contribution in [0.25, 0.3) is 0 Å². The summed E-state index contributed by atoms with van der Waals surface area (Å²) < 4.78 is 2.26. The molecule has 24 heavy (non-hydrogen) atoms. The molecular formula is C20H26N2OS. The van der Waals surface area contributed by atoms with Gasteiger partial charge in [-0.1, -0.05) is 38.5 Å². The van der Waals surface area contributed by atoms with Gasteiger partial charge in [-0.3, -0.25) is 4.79 Å². The molecule has 0 saturated heterocycles. The topological polar surface area (TPSA) is 34.4 Å². The second kappa shape index (κ2) is 6.32. The van der Waals surface area contributed by atoms with Crippen LogP contribution in [0.4, 0.5) is 0 Å². The van der Waals surface area contributed by atoms with Gasteiger partial charge in [-0.25, -0.2) is 0 Å². The monoisotopic (exact) mass is 342 g/mol. The summed E-state index contributed by atoms with van der Waals surface area (Å²) in [5, 5.41) is 0. The number of amides is 1. The van der Waals surface area contributed by atoms with Gasteiger partial charge < -0.3 is 4.57 Å². The van der Waals surface area contributed by atoms with E-state index in [2.05, 4.69) is 37.3 Å². The molecular weight excluding hydrogens is 316 g/mol. The van der Waals surface area contributed by atoms with E-state index in [9.17, 15) is 4.79 Å². The fourth-order valence-corrected chi connectivity index (χ4v) is 4.17. The van der Waals surface area contributed by atoms with Crippen molar-refractivity contribution in [2.45, 2.75) is 59.4 Å². The zero-order valence-corrected chi connectivity index (χ0v) is 16.0. The molecule has 1 saturated carbocycles. The van der Waals surface area contributed by atoms with Gasteiger partial charge in [0.2, 0.25) is 0 Å². The molecule has 1 heterocycles. The number of nitrogens with zero attached hydrogens (tertiary/aromatic N) is 2. The summed E-state index contributed by atoms with van der Waals surface area (Å²) in [5.74, 6) is 0.601. The van der Waals surface area contributed by atoms with E-state index in [1.807, 2.05) is 31.2 Å². The third-order valence-electron chi connectivity index (χ3n) is 4.44. The van der Waals surface area contributed by atoms with E-state index >= 15 is 0 Å². The van der Waals surface area contributed by atoms with Crippen molar-refractivity contribution in [1.82, 2.24) is 4.57 Å². The highest BCUT2D eigenvalue weighted by molar-refractivity contribution is 7.09. The van der Waals surface area contributed by atoms with Crippen molar-refractivity contribution in [2.75, 3.05) is 0 Å². The van der Waals surface area contributed by atoms with Crippen LogP contribution in [0, 0.1) is 19.8 Å². The number of thiazole rings is 1. The van der Waals surface area contributed by atoms with E-state index < -0.39 is 0 Å². The summed E-state index contributed by atoms with van der Waals surface area (Å²) in [6.07, 6.45) is 2.58. The van der Waals surface area contributed by atoms with Gasteiger partial charge in [-0.05, 0) is 50.2 Å². The lowest BCUT2D eigenvalue weighted by Gasteiger charge is -2.17. The summed E-state index contributed by atoms with van der Waals surface area (Å²) in [4.78, 5) is 19.3. The number of hydrogen-bond acceptors (Lipinski definition) is 2. The van der Waals surface area contributed by atoms with Gasteiger partial charge in [0.15, 0.2) is 4.80 Å². The summed E-state index contributed by atoms with van der Waals surface area (Å²) in [5.41, 5.74) is 3.08. The quantitative estimate of drug-likeness (QED) is 0.802. The van der Waals surface area contributed by atoms with E-state index in [-0.39, 0.29) is 11.3 Å². The maximum atomic E-state index is 12.6. The van der Waals surface area contributed by atoms with Crippen molar-refractivity contribution in [3.8, 4) is 0 Å². The fraction of sp³-hybridized carbons (Fsp3) is 0.500. The zero-order chi connectivity index (χ0) is 17.5. The Hall–Kier alpha value is -1.68. The number of carbonyl (C=O) groups excluding carboxylic acids is 1. The van der Waals surface area contributed by atoms with E-state index in [0.717, 1.165) is 22.8 Å². The van der Waals surface area contributed by atoms with Gasteiger partial charge in [0.25, 0.3) is 5.91 Å². The Kier molecular flexibility index (Phi) is 4.52. The molecule has 0 bridgehead atoms. The molecule has 1 aliphatic rings. The minimum Gasteiger partial charge on any atom is -0.320 e. The SMILES string of the molecule is Cc1cccc(C(=O)/N=c2\sc(C(C)(C)C)c(C)n2CC2CC2)c1. The van der Waals surface area contributed by atoms with Gasteiger partial charge in [0.1, 0.15) is 0 Å². The minimum absolute atomic E-state index is 0.0696. The predicted octanol–water partition coefficient (Wildman–Crippen LogP) is 4.62. The molecule has 1 fully saturated rings. The second-order valence-electron chi connectivity index (χ2n) is 7.89. The van der Waals surface area contributed by atoms with Crippen LogP contribution in [0.2, 0.25) is 0 Å². The molecule has 1 aliphatic carbocycles. The maximum absolute atomic E-state index is 12.6. The number of benzene rings is 1. The van der Waals surface area contributed by atoms with Gasteiger partial charge in [-0.15, -0.1) is 11.3 Å². The van der Waals surface area contributed by atoms with Crippen molar-refractivity contribution in [3.05, 3.63) is 50.8 Å². The molecule has 0 N–H and O–H groups in total. The number of aryl methyl sites for hydroxylation is 1. The molecule has 1 amide bonds. The third kappa shape index (κ3) is 3.69. The highest BCUT2D eigenvalue weighted by atomic mass is 32.1. The number of hydrogen-bond donors (Lipinski definition) is 0. The number of carbonyl (C=O) groups is 1. The zero-order valence-electron chi connectivity index (χ0n) is 15.2. The van der Waals surface area contributed by atoms with Crippen LogP contribution in [0.1, 0.15) is 60.1 Å². The Morgan fingerprint density at radius 2 is 2.00 bits per heavy atom. The Balaban J connectivity index is 2.06. The van der Waals surface area contributed by atoms with Crippen LogP contribution in [0.15, 0.2) is 29.3 Å². The smallest absolute Gasteiger partial charge is 0.279 e. The van der Waals surface area contributed by atoms with Gasteiger partial charge in [0.05, 0.1) is 0 Å². The van der Waals surface area contributed by atoms with E-state index in [1.165, 1.54) is 23.4 Å². The first kappa shape index (κ1) is 17.2. The van der Waals surface area contributed by atoms with Gasteiger partial charge in [0, 0.05) is 22.7 Å². The molecule has 1 aromatic carbocycles. The molecule has 4 heteroatoms. The Morgan fingerprint density at radius 1 is 1.29 bits per heavy atom. The lowest BCUT2D eigenvalue weighted by molar-refractivity contribution is 0.0997. The first-order valence-corrected chi connectivity index (χ1v) is 9.44. The first-order chi connectivity index (χ1) is 11.3. The standard InChI is InChI=1S/C20H26N2OS/c1-13-7-6-8-16(11-13)18(23)21-19-22(12-15-9-10-15)14(2)17(24-19)20(3,4)5/h6-8,11,15H,9-10,12H2,1-5H3/b21-19-. The average molecular weight is 343 g/mol. The second-order valence-corrected chi connectivity index (χ2v) is 8.87. The van der Waals surface area contributed by atoms with Gasteiger partial charge in [-0.2, -0.15) is 4.99 Å². The molecule has 3 rings (SSSR count). The Bertz CT molecular complexity index is 832. The summed E-state index contributed by atoms with van der Waals surface area (Å²) >= 11 is 1.67. The Morgan fingerprint density at radius 3 is 2.58 bits per heavy atom. The van der Waals surface area contributed by atoms with Crippen LogP contribution in [0.3, 0.4) is 0 Å². The summed E-state index contributed by atoms with van der Waals surface area (Å²) in [6, 6.07) is 7.66. The van der Waals surface area contributed by atoms with Crippen molar-refractivity contribution in [1.29, 1.82) is 0 Å². The van der Waals surface area contributed by atoms with Crippen molar-refractivity contribution in [2.24, 2.45) is 10.9 Å². The molecule has 0 unspecified atom stereocenters. The normalized spacial score (nSPS) is 15.8. The van der Waals surface area contributed by atoms with Crippen LogP contribution < -0.4 is 4.80 Å². The largest absolute Gasteiger partial charge is 0.320 e. The van der Waals surface area contributed by atoms with Crippen molar-refractivity contribution in [3.63, 3.8) is 0 Å². The van der Waals surface area contributed by atoms with Crippen molar-refractivity contribution < 1.29 is 4.79 Å². The fourth-order valence-electron chi connectivity index (χ4n) is 2.97. The molecule has 0 spiro atoms. The highest BCUT2D eigenvalue weighted by Crippen LogP contribution is 2.33. The van der Waals surface area contributed by atoms with Gasteiger partial charge >= 0.3 is 0 Å². The maximum Gasteiger partial charge on any atom is 0.279 e. The molecule has 128 valence electrons. The molecule has 1 aromatic heterocycles. The minimum atomic E-state index is -0.148. The van der Waals surface area contributed by atoms with Crippen LogP contribution in [-0.2, 0) is 12.0 Å². The van der Waals surface area contributed by atoms with Crippen LogP contribution in [0.5, 0.6) is 0 Å². The summed E-state index contributed by atoms with van der Waals surface area (Å²) in [7, 11) is 0. The summed E-state index contributed by atoms with van der Waals surface area (Å²) in [6.45, 7) is 11.8. The number of rotatable bonds is 3. The van der Waals surface area contributed by atoms with Crippen LogP contribution >= 0.6 is 11.3 Å².